The van der Waals surface area contributed by atoms with Crippen molar-refractivity contribution in [1.29, 1.82) is 0 Å². The Morgan fingerprint density at radius 2 is 1.08 bits per heavy atom. The number of hydrogen-bond donors (Lipinski definition) is 1. The topological polar surface area (TPSA) is 46.2 Å². The van der Waals surface area contributed by atoms with Gasteiger partial charge in [0.05, 0.1) is 11.1 Å². The zero-order valence-electron chi connectivity index (χ0n) is 14.6. The highest BCUT2D eigenvalue weighted by molar-refractivity contribution is 7.15. The second kappa shape index (κ2) is 6.94. The number of imide groups is 1. The molecule has 128 valence electrons. The summed E-state index contributed by atoms with van der Waals surface area (Å²) < 4.78 is 0. The summed E-state index contributed by atoms with van der Waals surface area (Å²) in [6.45, 7) is 8.06. The minimum absolute atomic E-state index is 0.304. The Hall–Kier alpha value is -2.24. The Morgan fingerprint density at radius 3 is 1.40 bits per heavy atom. The SMILES string of the molecule is CC.Cc1ccc(-c2ccc(-c3ccc(C)s3)c3c2C(=O)NC3=O)s1. The first-order chi connectivity index (χ1) is 12.0. The summed E-state index contributed by atoms with van der Waals surface area (Å²) in [6.07, 6.45) is 0. The molecule has 3 heterocycles. The lowest BCUT2D eigenvalue weighted by atomic mass is 9.95. The van der Waals surface area contributed by atoms with Gasteiger partial charge in [-0.3, -0.25) is 14.9 Å². The zero-order chi connectivity index (χ0) is 18.1. The molecule has 4 rings (SSSR count). The van der Waals surface area contributed by atoms with Crippen molar-refractivity contribution in [1.82, 2.24) is 5.32 Å². The number of aryl methyl sites for hydroxylation is 2. The highest BCUT2D eigenvalue weighted by Crippen LogP contribution is 2.40. The summed E-state index contributed by atoms with van der Waals surface area (Å²) in [5, 5.41) is 2.45. The number of benzene rings is 1. The Morgan fingerprint density at radius 1 is 0.680 bits per heavy atom. The molecule has 1 N–H and O–H groups in total. The predicted octanol–water partition coefficient (Wildman–Crippen LogP) is 5.67. The molecule has 1 aliphatic heterocycles. The molecule has 0 spiro atoms. The van der Waals surface area contributed by atoms with Gasteiger partial charge in [-0.1, -0.05) is 26.0 Å². The van der Waals surface area contributed by atoms with Crippen LogP contribution in [-0.2, 0) is 0 Å². The molecular weight excluding hydrogens is 350 g/mol. The smallest absolute Gasteiger partial charge is 0.259 e. The van der Waals surface area contributed by atoms with Crippen molar-refractivity contribution < 1.29 is 9.59 Å². The van der Waals surface area contributed by atoms with Crippen LogP contribution in [0.5, 0.6) is 0 Å². The molecule has 0 radical (unpaired) electrons. The van der Waals surface area contributed by atoms with Gasteiger partial charge in [-0.15, -0.1) is 22.7 Å². The molecule has 0 bridgehead atoms. The maximum Gasteiger partial charge on any atom is 0.259 e. The highest BCUT2D eigenvalue weighted by atomic mass is 32.1. The van der Waals surface area contributed by atoms with E-state index in [2.05, 4.69) is 5.32 Å². The minimum Gasteiger partial charge on any atom is -0.288 e. The van der Waals surface area contributed by atoms with E-state index in [0.29, 0.717) is 11.1 Å². The minimum atomic E-state index is -0.304. The molecule has 2 amide bonds. The van der Waals surface area contributed by atoms with Gasteiger partial charge in [-0.25, -0.2) is 0 Å². The van der Waals surface area contributed by atoms with Crippen molar-refractivity contribution in [3.05, 3.63) is 57.3 Å². The number of fused-ring (bicyclic) bond motifs is 1. The summed E-state index contributed by atoms with van der Waals surface area (Å²) in [7, 11) is 0. The first kappa shape index (κ1) is 17.6. The quantitative estimate of drug-likeness (QED) is 0.592. The number of nitrogens with one attached hydrogen (secondary N) is 1. The summed E-state index contributed by atoms with van der Waals surface area (Å²) >= 11 is 3.25. The molecule has 1 aliphatic rings. The van der Waals surface area contributed by atoms with E-state index in [9.17, 15) is 9.59 Å². The number of carbonyl (C=O) groups excluding carboxylic acids is 2. The molecule has 3 nitrogen and oxygen atoms in total. The van der Waals surface area contributed by atoms with Crippen molar-refractivity contribution in [3.8, 4) is 20.9 Å². The van der Waals surface area contributed by atoms with Gasteiger partial charge in [-0.2, -0.15) is 0 Å². The lowest BCUT2D eigenvalue weighted by molar-refractivity contribution is 0.0880. The molecule has 0 aliphatic carbocycles. The van der Waals surface area contributed by atoms with Gasteiger partial charge in [-0.05, 0) is 38.1 Å². The molecule has 2 aromatic heterocycles. The zero-order valence-corrected chi connectivity index (χ0v) is 16.2. The molecule has 5 heteroatoms. The number of amides is 2. The van der Waals surface area contributed by atoms with E-state index in [1.54, 1.807) is 22.7 Å². The van der Waals surface area contributed by atoms with Crippen LogP contribution in [0.1, 0.15) is 44.3 Å². The van der Waals surface area contributed by atoms with Crippen molar-refractivity contribution in [2.75, 3.05) is 0 Å². The molecule has 1 aromatic carbocycles. The van der Waals surface area contributed by atoms with Crippen LogP contribution in [-0.4, -0.2) is 11.8 Å². The van der Waals surface area contributed by atoms with E-state index in [0.717, 1.165) is 20.9 Å². The molecule has 0 saturated carbocycles. The third-order valence-electron chi connectivity index (χ3n) is 3.90. The first-order valence-corrected chi connectivity index (χ1v) is 9.84. The van der Waals surface area contributed by atoms with Crippen LogP contribution in [0.3, 0.4) is 0 Å². The molecule has 0 saturated heterocycles. The number of hydrogen-bond acceptors (Lipinski definition) is 4. The Bertz CT molecular complexity index is 889. The lowest BCUT2D eigenvalue weighted by Crippen LogP contribution is -2.20. The number of carbonyl (C=O) groups is 2. The molecule has 3 aromatic rings. The maximum atomic E-state index is 12.3. The fourth-order valence-electron chi connectivity index (χ4n) is 2.87. The molecule has 25 heavy (non-hydrogen) atoms. The Kier molecular flexibility index (Phi) is 4.88. The molecular formula is C20H19NO2S2. The van der Waals surface area contributed by atoms with Crippen molar-refractivity contribution in [3.63, 3.8) is 0 Å². The second-order valence-corrected chi connectivity index (χ2v) is 8.09. The van der Waals surface area contributed by atoms with E-state index < -0.39 is 0 Å². The summed E-state index contributed by atoms with van der Waals surface area (Å²) in [5.74, 6) is -0.609. The van der Waals surface area contributed by atoms with Crippen LogP contribution in [0.15, 0.2) is 36.4 Å². The van der Waals surface area contributed by atoms with Crippen molar-refractivity contribution in [2.45, 2.75) is 27.7 Å². The van der Waals surface area contributed by atoms with Gasteiger partial charge in [0.1, 0.15) is 0 Å². The largest absolute Gasteiger partial charge is 0.288 e. The second-order valence-electron chi connectivity index (χ2n) is 5.51. The van der Waals surface area contributed by atoms with Crippen molar-refractivity contribution in [2.24, 2.45) is 0 Å². The van der Waals surface area contributed by atoms with Gasteiger partial charge in [0.25, 0.3) is 11.8 Å². The van der Waals surface area contributed by atoms with Gasteiger partial charge in [0.15, 0.2) is 0 Å². The monoisotopic (exact) mass is 369 g/mol. The van der Waals surface area contributed by atoms with E-state index in [1.807, 2.05) is 64.1 Å². The predicted molar refractivity (Wildman–Crippen MR) is 106 cm³/mol. The van der Waals surface area contributed by atoms with Gasteiger partial charge in [0, 0.05) is 30.6 Å². The molecule has 0 fully saturated rings. The van der Waals surface area contributed by atoms with Crippen LogP contribution >= 0.6 is 22.7 Å². The third-order valence-corrected chi connectivity index (χ3v) is 5.97. The third kappa shape index (κ3) is 3.05. The first-order valence-electron chi connectivity index (χ1n) is 8.21. The van der Waals surface area contributed by atoms with Crippen LogP contribution in [0, 0.1) is 13.8 Å². The number of thiophene rings is 2. The summed E-state index contributed by atoms with van der Waals surface area (Å²) in [4.78, 5) is 29.1. The van der Waals surface area contributed by atoms with Crippen LogP contribution in [0.25, 0.3) is 20.9 Å². The standard InChI is InChI=1S/C18H13NO2S2.C2H6/c1-9-3-7-13(22-9)11-5-6-12(14-8-4-10(2)23-14)16-15(11)17(20)19-18(16)21;1-2/h3-8H,1-2H3,(H,19,20,21);1-2H3. The average Bonchev–Trinajstić information content (AvgIpc) is 3.30. The fourth-order valence-corrected chi connectivity index (χ4v) is 4.67. The average molecular weight is 370 g/mol. The van der Waals surface area contributed by atoms with Crippen molar-refractivity contribution >= 4 is 34.5 Å². The normalized spacial score (nSPS) is 12.5. The van der Waals surface area contributed by atoms with E-state index in [-0.39, 0.29) is 11.8 Å². The number of rotatable bonds is 2. The van der Waals surface area contributed by atoms with E-state index >= 15 is 0 Å². The van der Waals surface area contributed by atoms with Gasteiger partial charge in [0.2, 0.25) is 0 Å². The van der Waals surface area contributed by atoms with Gasteiger partial charge < -0.3 is 0 Å². The fraction of sp³-hybridized carbons (Fsp3) is 0.200. The summed E-state index contributed by atoms with van der Waals surface area (Å²) in [5.41, 5.74) is 2.66. The molecule has 0 atom stereocenters. The lowest BCUT2D eigenvalue weighted by Gasteiger charge is -2.08. The van der Waals surface area contributed by atoms with E-state index in [4.69, 9.17) is 0 Å². The van der Waals surface area contributed by atoms with Gasteiger partial charge >= 0.3 is 0 Å². The molecule has 0 unspecified atom stereocenters. The van der Waals surface area contributed by atoms with Crippen LogP contribution < -0.4 is 5.32 Å². The van der Waals surface area contributed by atoms with Crippen LogP contribution in [0.2, 0.25) is 0 Å². The van der Waals surface area contributed by atoms with Crippen LogP contribution in [0.4, 0.5) is 0 Å². The Labute approximate surface area is 155 Å². The van der Waals surface area contributed by atoms with E-state index in [1.165, 1.54) is 9.75 Å². The Balaban J connectivity index is 0.000000880. The summed E-state index contributed by atoms with van der Waals surface area (Å²) in [6, 6.07) is 12.0. The maximum absolute atomic E-state index is 12.3. The highest BCUT2D eigenvalue weighted by Gasteiger charge is 2.33.